The van der Waals surface area contributed by atoms with Gasteiger partial charge in [0.25, 0.3) is 5.91 Å². The maximum Gasteiger partial charge on any atom is 0.260 e. The van der Waals surface area contributed by atoms with Crippen molar-refractivity contribution >= 4 is 23.2 Å². The summed E-state index contributed by atoms with van der Waals surface area (Å²) in [4.78, 5) is 14.9. The normalized spacial score (nSPS) is 14.4. The van der Waals surface area contributed by atoms with Crippen LogP contribution in [0.25, 0.3) is 0 Å². The Hall–Kier alpha value is -2.48. The van der Waals surface area contributed by atoms with Crippen molar-refractivity contribution in [2.24, 2.45) is 0 Å². The molecule has 1 fully saturated rings. The number of anilines is 1. The van der Waals surface area contributed by atoms with Crippen LogP contribution < -0.4 is 9.64 Å². The summed E-state index contributed by atoms with van der Waals surface area (Å²) in [6.07, 6.45) is 0. The van der Waals surface area contributed by atoms with Crippen molar-refractivity contribution in [3.8, 4) is 5.75 Å². The number of carbonyl (C=O) groups excluding carboxylic acids is 1. The molecule has 1 amide bonds. The Bertz CT molecular complexity index is 873. The van der Waals surface area contributed by atoms with Crippen LogP contribution in [-0.4, -0.2) is 43.6 Å². The molecule has 0 radical (unpaired) electrons. The zero-order valence-electron chi connectivity index (χ0n) is 14.9. The van der Waals surface area contributed by atoms with Crippen LogP contribution in [0, 0.1) is 30.2 Å². The van der Waals surface area contributed by atoms with Gasteiger partial charge < -0.3 is 14.5 Å². The average Bonchev–Trinajstić information content (AvgIpc) is 2.70. The van der Waals surface area contributed by atoms with Gasteiger partial charge in [-0.1, -0.05) is 29.8 Å². The number of piperazine rings is 1. The summed E-state index contributed by atoms with van der Waals surface area (Å²) in [5.41, 5.74) is 0.0699. The van der Waals surface area contributed by atoms with E-state index in [1.165, 1.54) is 4.90 Å². The maximum absolute atomic E-state index is 14.1. The van der Waals surface area contributed by atoms with Crippen LogP contribution in [0.5, 0.6) is 5.75 Å². The van der Waals surface area contributed by atoms with Gasteiger partial charge in [0.05, 0.1) is 0 Å². The number of rotatable bonds is 4. The summed E-state index contributed by atoms with van der Waals surface area (Å²) in [5.74, 6) is -6.08. The molecule has 4 nitrogen and oxygen atoms in total. The fourth-order valence-electron chi connectivity index (χ4n) is 3.00. The Balaban J connectivity index is 1.63. The van der Waals surface area contributed by atoms with Gasteiger partial charge in [-0.25, -0.2) is 17.6 Å². The monoisotopic (exact) mass is 416 g/mol. The van der Waals surface area contributed by atoms with Crippen LogP contribution in [0.15, 0.2) is 24.3 Å². The number of halogens is 5. The molecule has 1 saturated heterocycles. The number of hydrogen-bond acceptors (Lipinski definition) is 3. The van der Waals surface area contributed by atoms with E-state index in [1.807, 2.05) is 19.1 Å². The molecule has 0 atom stereocenters. The summed E-state index contributed by atoms with van der Waals surface area (Å²) in [6, 6.07) is 7.24. The standard InChI is InChI=1S/C19H17ClF4N2O2/c1-11-4-2-3-5-12(11)28-10-13(27)25-6-8-26(9-7-25)19-17(23)15(21)14(20)16(22)18(19)24/h2-5H,6-10H2,1H3. The first-order valence-electron chi connectivity index (χ1n) is 8.53. The van der Waals surface area contributed by atoms with Crippen molar-refractivity contribution in [3.63, 3.8) is 0 Å². The van der Waals surface area contributed by atoms with Gasteiger partial charge in [0, 0.05) is 26.2 Å². The third-order valence-corrected chi connectivity index (χ3v) is 4.91. The molecule has 0 N–H and O–H groups in total. The number of carbonyl (C=O) groups is 1. The lowest BCUT2D eigenvalue weighted by molar-refractivity contribution is -0.133. The number of amides is 1. The van der Waals surface area contributed by atoms with Crippen LogP contribution in [0.1, 0.15) is 5.56 Å². The van der Waals surface area contributed by atoms with E-state index in [0.717, 1.165) is 10.5 Å². The molecule has 0 unspecified atom stereocenters. The average molecular weight is 417 g/mol. The molecule has 28 heavy (non-hydrogen) atoms. The lowest BCUT2D eigenvalue weighted by Crippen LogP contribution is -2.50. The predicted molar refractivity (Wildman–Crippen MR) is 96.8 cm³/mol. The molecular formula is C19H17ClF4N2O2. The highest BCUT2D eigenvalue weighted by atomic mass is 35.5. The van der Waals surface area contributed by atoms with E-state index in [4.69, 9.17) is 16.3 Å². The zero-order chi connectivity index (χ0) is 20.4. The third kappa shape index (κ3) is 3.87. The lowest BCUT2D eigenvalue weighted by Gasteiger charge is -2.36. The van der Waals surface area contributed by atoms with Crippen molar-refractivity contribution in [3.05, 3.63) is 58.1 Å². The molecule has 0 bridgehead atoms. The highest BCUT2D eigenvalue weighted by molar-refractivity contribution is 6.31. The molecule has 1 aliphatic heterocycles. The third-order valence-electron chi connectivity index (χ3n) is 4.58. The second-order valence-electron chi connectivity index (χ2n) is 6.34. The minimum Gasteiger partial charge on any atom is -0.484 e. The molecule has 3 rings (SSSR count). The van der Waals surface area contributed by atoms with E-state index in [0.29, 0.717) is 5.75 Å². The first-order valence-corrected chi connectivity index (χ1v) is 8.91. The van der Waals surface area contributed by atoms with Crippen LogP contribution in [0.3, 0.4) is 0 Å². The summed E-state index contributed by atoms with van der Waals surface area (Å²) >= 11 is 5.24. The minimum absolute atomic E-state index is 0.00442. The van der Waals surface area contributed by atoms with E-state index in [-0.39, 0.29) is 38.7 Å². The van der Waals surface area contributed by atoms with Crippen molar-refractivity contribution in [1.82, 2.24) is 4.90 Å². The van der Waals surface area contributed by atoms with Crippen molar-refractivity contribution in [2.45, 2.75) is 6.92 Å². The summed E-state index contributed by atoms with van der Waals surface area (Å²) in [7, 11) is 0. The van der Waals surface area contributed by atoms with Gasteiger partial charge in [0.15, 0.2) is 29.9 Å². The van der Waals surface area contributed by atoms with Gasteiger partial charge in [-0.3, -0.25) is 4.79 Å². The molecule has 0 aliphatic carbocycles. The van der Waals surface area contributed by atoms with Gasteiger partial charge in [-0.15, -0.1) is 0 Å². The fourth-order valence-corrected chi connectivity index (χ4v) is 3.17. The molecule has 2 aromatic carbocycles. The number of ether oxygens (including phenoxy) is 1. The highest BCUT2D eigenvalue weighted by Crippen LogP contribution is 2.33. The Kier molecular flexibility index (Phi) is 5.98. The van der Waals surface area contributed by atoms with Crippen molar-refractivity contribution < 1.29 is 27.1 Å². The quantitative estimate of drug-likeness (QED) is 0.430. The molecule has 0 saturated carbocycles. The van der Waals surface area contributed by atoms with E-state index in [1.54, 1.807) is 12.1 Å². The smallest absolute Gasteiger partial charge is 0.260 e. The second-order valence-corrected chi connectivity index (χ2v) is 6.72. The number of para-hydroxylation sites is 1. The maximum atomic E-state index is 14.1. The van der Waals surface area contributed by atoms with Crippen LogP contribution >= 0.6 is 11.6 Å². The SMILES string of the molecule is Cc1ccccc1OCC(=O)N1CCN(c2c(F)c(F)c(Cl)c(F)c2F)CC1. The molecular weight excluding hydrogens is 400 g/mol. The van der Waals surface area contributed by atoms with Gasteiger partial charge in [-0.05, 0) is 18.6 Å². The summed E-state index contributed by atoms with van der Waals surface area (Å²) in [5, 5.41) is -1.22. The molecule has 2 aromatic rings. The van der Waals surface area contributed by atoms with E-state index < -0.39 is 34.0 Å². The number of nitrogens with zero attached hydrogens (tertiary/aromatic N) is 2. The molecule has 0 aromatic heterocycles. The molecule has 1 aliphatic rings. The summed E-state index contributed by atoms with van der Waals surface area (Å²) < 4.78 is 61.0. The van der Waals surface area contributed by atoms with Gasteiger partial charge in [-0.2, -0.15) is 0 Å². The van der Waals surface area contributed by atoms with Crippen LogP contribution in [-0.2, 0) is 4.79 Å². The Morgan fingerprint density at radius 2 is 1.57 bits per heavy atom. The van der Waals surface area contributed by atoms with E-state index in [2.05, 4.69) is 0 Å². The zero-order valence-corrected chi connectivity index (χ0v) is 15.7. The number of benzene rings is 2. The number of aryl methyl sites for hydroxylation is 1. The molecule has 9 heteroatoms. The highest BCUT2D eigenvalue weighted by Gasteiger charge is 2.30. The van der Waals surface area contributed by atoms with Crippen molar-refractivity contribution in [1.29, 1.82) is 0 Å². The Morgan fingerprint density at radius 3 is 2.14 bits per heavy atom. The van der Waals surface area contributed by atoms with Gasteiger partial charge in [0.1, 0.15) is 16.5 Å². The van der Waals surface area contributed by atoms with Crippen LogP contribution in [0.4, 0.5) is 23.2 Å². The second kappa shape index (κ2) is 8.26. The van der Waals surface area contributed by atoms with E-state index in [9.17, 15) is 22.4 Å². The minimum atomic E-state index is -1.64. The van der Waals surface area contributed by atoms with Gasteiger partial charge in [0.2, 0.25) is 0 Å². The Morgan fingerprint density at radius 1 is 1.00 bits per heavy atom. The number of hydrogen-bond donors (Lipinski definition) is 0. The molecule has 1 heterocycles. The fraction of sp³-hybridized carbons (Fsp3) is 0.316. The topological polar surface area (TPSA) is 32.8 Å². The first-order chi connectivity index (χ1) is 13.3. The largest absolute Gasteiger partial charge is 0.484 e. The molecule has 150 valence electrons. The first kappa shape index (κ1) is 20.3. The van der Waals surface area contributed by atoms with E-state index >= 15 is 0 Å². The van der Waals surface area contributed by atoms with Crippen molar-refractivity contribution in [2.75, 3.05) is 37.7 Å². The summed E-state index contributed by atoms with van der Waals surface area (Å²) in [6.45, 7) is 1.93. The molecule has 0 spiro atoms. The van der Waals surface area contributed by atoms with Gasteiger partial charge >= 0.3 is 0 Å². The predicted octanol–water partition coefficient (Wildman–Crippen LogP) is 3.93. The Labute approximate surface area is 164 Å². The van der Waals surface area contributed by atoms with Crippen LogP contribution in [0.2, 0.25) is 5.02 Å². The lowest BCUT2D eigenvalue weighted by atomic mass is 10.2.